The standard InChI is InChI=1S/C16H23F3N2OS/c1-15(2,21-7-9-23(22)10-8-21)12-20-11-13-3-5-14(6-4-13)16(17,18)19/h3-6,20H,7-12H2,1-2H3. The summed E-state index contributed by atoms with van der Waals surface area (Å²) in [4.78, 5) is 2.31. The second kappa shape index (κ2) is 7.32. The Hall–Kier alpha value is -0.920. The second-order valence-corrected chi connectivity index (χ2v) is 8.14. The molecule has 1 aromatic carbocycles. The van der Waals surface area contributed by atoms with Crippen LogP contribution < -0.4 is 5.32 Å². The smallest absolute Gasteiger partial charge is 0.311 e. The quantitative estimate of drug-likeness (QED) is 0.888. The van der Waals surface area contributed by atoms with Gasteiger partial charge in [0.1, 0.15) is 0 Å². The molecule has 1 heterocycles. The van der Waals surface area contributed by atoms with Gasteiger partial charge in [-0.2, -0.15) is 13.2 Å². The summed E-state index contributed by atoms with van der Waals surface area (Å²) in [6.07, 6.45) is -4.29. The molecule has 3 nitrogen and oxygen atoms in total. The normalized spacial score (nSPS) is 18.3. The van der Waals surface area contributed by atoms with Crippen LogP contribution in [0.2, 0.25) is 0 Å². The Kier molecular flexibility index (Phi) is 5.86. The van der Waals surface area contributed by atoms with Crippen LogP contribution in [0.3, 0.4) is 0 Å². The minimum atomic E-state index is -4.29. The zero-order valence-electron chi connectivity index (χ0n) is 13.4. The van der Waals surface area contributed by atoms with Gasteiger partial charge >= 0.3 is 6.18 Å². The predicted molar refractivity (Wildman–Crippen MR) is 86.7 cm³/mol. The molecule has 1 saturated heterocycles. The van der Waals surface area contributed by atoms with Crippen LogP contribution in [0.25, 0.3) is 0 Å². The molecular weight excluding hydrogens is 325 g/mol. The molecule has 0 amide bonds. The lowest BCUT2D eigenvalue weighted by atomic mass is 10.0. The average Bonchev–Trinajstić information content (AvgIpc) is 2.47. The van der Waals surface area contributed by atoms with Crippen molar-refractivity contribution in [1.29, 1.82) is 0 Å². The van der Waals surface area contributed by atoms with E-state index in [1.54, 1.807) is 0 Å². The zero-order valence-corrected chi connectivity index (χ0v) is 14.3. The monoisotopic (exact) mass is 348 g/mol. The summed E-state index contributed by atoms with van der Waals surface area (Å²) < 4.78 is 49.0. The fourth-order valence-corrected chi connectivity index (χ4v) is 3.73. The van der Waals surface area contributed by atoms with Gasteiger partial charge in [-0.1, -0.05) is 12.1 Å². The van der Waals surface area contributed by atoms with E-state index < -0.39 is 22.5 Å². The summed E-state index contributed by atoms with van der Waals surface area (Å²) in [7, 11) is -0.695. The molecular formula is C16H23F3N2OS. The summed E-state index contributed by atoms with van der Waals surface area (Å²) in [6.45, 7) is 7.15. The van der Waals surface area contributed by atoms with E-state index in [1.165, 1.54) is 12.1 Å². The Morgan fingerprint density at radius 1 is 1.13 bits per heavy atom. The van der Waals surface area contributed by atoms with Crippen molar-refractivity contribution in [3.05, 3.63) is 35.4 Å². The molecule has 0 spiro atoms. The van der Waals surface area contributed by atoms with Crippen LogP contribution in [0.5, 0.6) is 0 Å². The molecule has 1 aliphatic heterocycles. The van der Waals surface area contributed by atoms with E-state index in [2.05, 4.69) is 24.1 Å². The van der Waals surface area contributed by atoms with E-state index in [0.29, 0.717) is 18.1 Å². The number of benzene rings is 1. The van der Waals surface area contributed by atoms with Gasteiger partial charge in [0.15, 0.2) is 0 Å². The van der Waals surface area contributed by atoms with E-state index in [0.717, 1.165) is 37.3 Å². The SMILES string of the molecule is CC(C)(CNCc1ccc(C(F)(F)F)cc1)N1CCS(=O)CC1. The van der Waals surface area contributed by atoms with Gasteiger partial charge < -0.3 is 5.32 Å². The van der Waals surface area contributed by atoms with Crippen LogP contribution in [0.1, 0.15) is 25.0 Å². The highest BCUT2D eigenvalue weighted by Gasteiger charge is 2.30. The maximum Gasteiger partial charge on any atom is 0.416 e. The molecule has 0 bridgehead atoms. The van der Waals surface area contributed by atoms with Crippen molar-refractivity contribution in [3.63, 3.8) is 0 Å². The van der Waals surface area contributed by atoms with Gasteiger partial charge in [0.2, 0.25) is 0 Å². The van der Waals surface area contributed by atoms with Crippen LogP contribution in [0.15, 0.2) is 24.3 Å². The van der Waals surface area contributed by atoms with Crippen LogP contribution >= 0.6 is 0 Å². The van der Waals surface area contributed by atoms with Crippen molar-refractivity contribution in [1.82, 2.24) is 10.2 Å². The lowest BCUT2D eigenvalue weighted by molar-refractivity contribution is -0.137. The van der Waals surface area contributed by atoms with Crippen LogP contribution in [-0.2, 0) is 23.5 Å². The topological polar surface area (TPSA) is 32.3 Å². The van der Waals surface area contributed by atoms with Gasteiger partial charge in [0.25, 0.3) is 0 Å². The molecule has 0 saturated carbocycles. The molecule has 0 radical (unpaired) electrons. The van der Waals surface area contributed by atoms with Gasteiger partial charge in [-0.3, -0.25) is 9.11 Å². The van der Waals surface area contributed by atoms with Crippen molar-refractivity contribution in [2.24, 2.45) is 0 Å². The van der Waals surface area contributed by atoms with Crippen molar-refractivity contribution >= 4 is 10.8 Å². The number of halogens is 3. The van der Waals surface area contributed by atoms with Gasteiger partial charge in [-0.25, -0.2) is 0 Å². The van der Waals surface area contributed by atoms with E-state index in [1.807, 2.05) is 0 Å². The molecule has 2 rings (SSSR count). The molecule has 1 N–H and O–H groups in total. The van der Waals surface area contributed by atoms with E-state index in [-0.39, 0.29) is 5.54 Å². The van der Waals surface area contributed by atoms with Crippen LogP contribution in [0.4, 0.5) is 13.2 Å². The van der Waals surface area contributed by atoms with Crippen molar-refractivity contribution < 1.29 is 17.4 Å². The number of hydrogen-bond donors (Lipinski definition) is 1. The average molecular weight is 348 g/mol. The van der Waals surface area contributed by atoms with E-state index >= 15 is 0 Å². The Balaban J connectivity index is 1.83. The van der Waals surface area contributed by atoms with E-state index in [4.69, 9.17) is 0 Å². The largest absolute Gasteiger partial charge is 0.416 e. The molecule has 7 heteroatoms. The molecule has 0 unspecified atom stereocenters. The lowest BCUT2D eigenvalue weighted by Gasteiger charge is -2.40. The first-order chi connectivity index (χ1) is 10.7. The Morgan fingerprint density at radius 2 is 1.70 bits per heavy atom. The Morgan fingerprint density at radius 3 is 2.22 bits per heavy atom. The molecule has 130 valence electrons. The first kappa shape index (κ1) is 18.4. The summed E-state index contributed by atoms with van der Waals surface area (Å²) in [5.41, 5.74) is 0.132. The van der Waals surface area contributed by atoms with Gasteiger partial charge in [-0.15, -0.1) is 0 Å². The van der Waals surface area contributed by atoms with Crippen LogP contribution in [-0.4, -0.2) is 45.8 Å². The summed E-state index contributed by atoms with van der Waals surface area (Å²) in [6, 6.07) is 5.24. The van der Waals surface area contributed by atoms with E-state index in [9.17, 15) is 17.4 Å². The Bertz CT molecular complexity index is 533. The zero-order chi connectivity index (χ0) is 17.1. The van der Waals surface area contributed by atoms with Gasteiger partial charge in [-0.05, 0) is 31.5 Å². The maximum atomic E-state index is 12.5. The maximum absolute atomic E-state index is 12.5. The minimum Gasteiger partial charge on any atom is -0.311 e. The van der Waals surface area contributed by atoms with Crippen molar-refractivity contribution in [2.75, 3.05) is 31.1 Å². The molecule has 23 heavy (non-hydrogen) atoms. The number of hydrogen-bond acceptors (Lipinski definition) is 3. The van der Waals surface area contributed by atoms with Gasteiger partial charge in [0, 0.05) is 54.0 Å². The third kappa shape index (κ3) is 5.29. The fraction of sp³-hybridized carbons (Fsp3) is 0.625. The van der Waals surface area contributed by atoms with Gasteiger partial charge in [0.05, 0.1) is 5.56 Å². The molecule has 1 aliphatic rings. The third-order valence-electron chi connectivity index (χ3n) is 4.20. The fourth-order valence-electron chi connectivity index (χ4n) is 2.68. The van der Waals surface area contributed by atoms with Crippen molar-refractivity contribution in [2.45, 2.75) is 32.1 Å². The number of nitrogens with zero attached hydrogens (tertiary/aromatic N) is 1. The Labute approximate surface area is 137 Å². The van der Waals surface area contributed by atoms with Crippen molar-refractivity contribution in [3.8, 4) is 0 Å². The molecule has 0 aliphatic carbocycles. The number of rotatable bonds is 5. The second-order valence-electron chi connectivity index (χ2n) is 6.45. The lowest BCUT2D eigenvalue weighted by Crippen LogP contribution is -2.55. The van der Waals surface area contributed by atoms with Crippen LogP contribution in [0, 0.1) is 0 Å². The molecule has 1 fully saturated rings. The first-order valence-electron chi connectivity index (χ1n) is 7.65. The highest BCUT2D eigenvalue weighted by Crippen LogP contribution is 2.29. The number of nitrogens with one attached hydrogen (secondary N) is 1. The molecule has 1 aromatic rings. The summed E-state index contributed by atoms with van der Waals surface area (Å²) in [5.74, 6) is 1.42. The number of alkyl halides is 3. The molecule has 0 aromatic heterocycles. The third-order valence-corrected chi connectivity index (χ3v) is 5.48. The molecule has 0 atom stereocenters. The summed E-state index contributed by atoms with van der Waals surface area (Å²) in [5, 5.41) is 3.31. The minimum absolute atomic E-state index is 0.0729. The highest BCUT2D eigenvalue weighted by atomic mass is 32.2. The highest BCUT2D eigenvalue weighted by molar-refractivity contribution is 7.85. The summed E-state index contributed by atoms with van der Waals surface area (Å²) >= 11 is 0. The predicted octanol–water partition coefficient (Wildman–Crippen LogP) is 2.64. The first-order valence-corrected chi connectivity index (χ1v) is 9.14.